The minimum atomic E-state index is -2.06. The number of alkyl halides is 2. The van der Waals surface area contributed by atoms with Gasteiger partial charge in [-0.25, -0.2) is 4.79 Å². The number of hydrogen-bond donors (Lipinski definition) is 0. The van der Waals surface area contributed by atoms with Crippen LogP contribution in [-0.2, 0) is 9.53 Å². The van der Waals surface area contributed by atoms with Crippen LogP contribution in [0.4, 0.5) is 0 Å². The van der Waals surface area contributed by atoms with E-state index in [1.54, 1.807) is 6.92 Å². The molecule has 10 heavy (non-hydrogen) atoms. The molecule has 0 aromatic heterocycles. The highest BCUT2D eigenvalue weighted by Crippen LogP contribution is 2.20. The van der Waals surface area contributed by atoms with E-state index in [-0.39, 0.29) is 6.61 Å². The molecule has 0 aliphatic rings. The summed E-state index contributed by atoms with van der Waals surface area (Å²) in [6, 6.07) is 1.38. The van der Waals surface area contributed by atoms with Crippen molar-refractivity contribution in [3.05, 3.63) is 0 Å². The first-order valence-electron chi connectivity index (χ1n) is 2.51. The molecule has 0 rings (SSSR count). The maximum Gasteiger partial charge on any atom is 0.357 e. The number of ether oxygens (including phenoxy) is 1. The van der Waals surface area contributed by atoms with Gasteiger partial charge in [-0.3, -0.25) is 0 Å². The Labute approximate surface area is 68.5 Å². The molecule has 0 unspecified atom stereocenters. The van der Waals surface area contributed by atoms with E-state index in [0.29, 0.717) is 0 Å². The maximum atomic E-state index is 10.6. The Morgan fingerprint density at radius 3 is 2.60 bits per heavy atom. The summed E-state index contributed by atoms with van der Waals surface area (Å²) in [5, 5.41) is 8.18. The van der Waals surface area contributed by atoms with Crippen molar-refractivity contribution in [2.75, 3.05) is 6.61 Å². The largest absolute Gasteiger partial charge is 0.463 e. The predicted octanol–water partition coefficient (Wildman–Crippen LogP) is 1.25. The zero-order valence-corrected chi connectivity index (χ0v) is 6.74. The van der Waals surface area contributed by atoms with E-state index in [2.05, 4.69) is 4.74 Å². The van der Waals surface area contributed by atoms with E-state index in [1.807, 2.05) is 0 Å². The Kier molecular flexibility index (Phi) is 3.48. The van der Waals surface area contributed by atoms with E-state index in [0.717, 1.165) is 0 Å². The van der Waals surface area contributed by atoms with Crippen LogP contribution in [0, 0.1) is 11.3 Å². The van der Waals surface area contributed by atoms with Crippen LogP contribution in [0.2, 0.25) is 0 Å². The van der Waals surface area contributed by atoms with E-state index in [9.17, 15) is 4.79 Å². The molecule has 0 fully saturated rings. The van der Waals surface area contributed by atoms with E-state index < -0.39 is 10.3 Å². The fourth-order valence-electron chi connectivity index (χ4n) is 0.267. The van der Waals surface area contributed by atoms with Crippen LogP contribution >= 0.6 is 23.2 Å². The summed E-state index contributed by atoms with van der Waals surface area (Å²) in [6.45, 7) is 1.75. The van der Waals surface area contributed by atoms with Crippen LogP contribution in [0.15, 0.2) is 0 Å². The number of esters is 1. The highest BCUT2D eigenvalue weighted by atomic mass is 35.5. The first kappa shape index (κ1) is 9.54. The van der Waals surface area contributed by atoms with Crippen molar-refractivity contribution < 1.29 is 9.53 Å². The van der Waals surface area contributed by atoms with Crippen LogP contribution in [0.5, 0.6) is 0 Å². The molecule has 0 heterocycles. The first-order chi connectivity index (χ1) is 4.54. The van der Waals surface area contributed by atoms with Crippen molar-refractivity contribution in [2.45, 2.75) is 11.3 Å². The third-order valence-corrected chi connectivity index (χ3v) is 1.15. The number of nitrogens with zero attached hydrogens (tertiary/aromatic N) is 1. The third kappa shape index (κ3) is 2.42. The Balaban J connectivity index is 4.09. The highest BCUT2D eigenvalue weighted by Gasteiger charge is 2.35. The fourth-order valence-corrected chi connectivity index (χ4v) is 0.376. The number of nitriles is 1. The molecule has 0 bridgehead atoms. The van der Waals surface area contributed by atoms with E-state index in [1.165, 1.54) is 6.07 Å². The summed E-state index contributed by atoms with van der Waals surface area (Å²) >= 11 is 10.4. The molecule has 0 aromatic carbocycles. The van der Waals surface area contributed by atoms with Gasteiger partial charge < -0.3 is 4.74 Å². The van der Waals surface area contributed by atoms with Gasteiger partial charge in [0.15, 0.2) is 0 Å². The van der Waals surface area contributed by atoms with Crippen LogP contribution < -0.4 is 0 Å². The van der Waals surface area contributed by atoms with Gasteiger partial charge in [-0.05, 0) is 6.92 Å². The molecular weight excluding hydrogens is 177 g/mol. The number of halogens is 2. The lowest BCUT2D eigenvalue weighted by molar-refractivity contribution is -0.142. The monoisotopic (exact) mass is 181 g/mol. The van der Waals surface area contributed by atoms with Gasteiger partial charge in [0.1, 0.15) is 6.07 Å². The summed E-state index contributed by atoms with van der Waals surface area (Å²) in [6.07, 6.45) is 0. The van der Waals surface area contributed by atoms with Crippen molar-refractivity contribution in [3.8, 4) is 6.07 Å². The maximum absolute atomic E-state index is 10.6. The molecule has 0 atom stereocenters. The molecule has 0 radical (unpaired) electrons. The second-order valence-electron chi connectivity index (χ2n) is 1.41. The Bertz CT molecular complexity index is 173. The summed E-state index contributed by atoms with van der Waals surface area (Å²) in [4.78, 5) is 10.6. The molecule has 0 N–H and O–H groups in total. The van der Waals surface area contributed by atoms with Crippen molar-refractivity contribution in [3.63, 3.8) is 0 Å². The smallest absolute Gasteiger partial charge is 0.357 e. The highest BCUT2D eigenvalue weighted by molar-refractivity contribution is 6.59. The van der Waals surface area contributed by atoms with Gasteiger partial charge >= 0.3 is 5.97 Å². The third-order valence-electron chi connectivity index (χ3n) is 0.672. The molecule has 0 amide bonds. The van der Waals surface area contributed by atoms with Crippen LogP contribution in [0.1, 0.15) is 6.92 Å². The summed E-state index contributed by atoms with van der Waals surface area (Å²) in [5.41, 5.74) is 0. The molecule has 5 heteroatoms. The molecule has 0 aromatic rings. The van der Waals surface area contributed by atoms with E-state index in [4.69, 9.17) is 28.5 Å². The molecule has 0 saturated heterocycles. The lowest BCUT2D eigenvalue weighted by atomic mass is 10.4. The van der Waals surface area contributed by atoms with Crippen molar-refractivity contribution in [1.82, 2.24) is 0 Å². The Hall–Kier alpha value is -0.460. The normalized spacial score (nSPS) is 10.2. The van der Waals surface area contributed by atoms with Gasteiger partial charge in [-0.15, -0.1) is 0 Å². The molecule has 0 aliphatic carbocycles. The summed E-state index contributed by atoms with van der Waals surface area (Å²) < 4.78 is 2.31. The SMILES string of the molecule is CCOC(=O)C(Cl)(Cl)C#N. The zero-order chi connectivity index (χ0) is 8.20. The summed E-state index contributed by atoms with van der Waals surface area (Å²) in [7, 11) is 0. The zero-order valence-electron chi connectivity index (χ0n) is 5.23. The average Bonchev–Trinajstić information content (AvgIpc) is 1.89. The molecule has 56 valence electrons. The second kappa shape index (κ2) is 3.65. The molecule has 0 spiro atoms. The molecular formula is C5H5Cl2NO2. The van der Waals surface area contributed by atoms with Gasteiger partial charge in [-0.1, -0.05) is 23.2 Å². The minimum absolute atomic E-state index is 0.154. The topological polar surface area (TPSA) is 50.1 Å². The quantitative estimate of drug-likeness (QED) is 0.476. The number of carbonyl (C=O) groups excluding carboxylic acids is 1. The first-order valence-corrected chi connectivity index (χ1v) is 3.26. The van der Waals surface area contributed by atoms with Crippen LogP contribution in [0.3, 0.4) is 0 Å². The van der Waals surface area contributed by atoms with Crippen molar-refractivity contribution in [1.29, 1.82) is 5.26 Å². The van der Waals surface area contributed by atoms with Gasteiger partial charge in [0.2, 0.25) is 0 Å². The minimum Gasteiger partial charge on any atom is -0.463 e. The predicted molar refractivity (Wildman–Crippen MR) is 36.7 cm³/mol. The standard InChI is InChI=1S/C5H5Cl2NO2/c1-2-10-4(9)5(6,7)3-8/h2H2,1H3. The lowest BCUT2D eigenvalue weighted by Crippen LogP contribution is -2.26. The average molecular weight is 182 g/mol. The van der Waals surface area contributed by atoms with Crippen molar-refractivity contribution >= 4 is 29.2 Å². The number of hydrogen-bond acceptors (Lipinski definition) is 3. The number of rotatable bonds is 2. The fraction of sp³-hybridized carbons (Fsp3) is 0.600. The Morgan fingerprint density at radius 2 is 2.30 bits per heavy atom. The molecule has 3 nitrogen and oxygen atoms in total. The second-order valence-corrected chi connectivity index (χ2v) is 2.73. The lowest BCUT2D eigenvalue weighted by Gasteiger charge is -2.07. The molecule has 0 saturated carbocycles. The van der Waals surface area contributed by atoms with Crippen molar-refractivity contribution in [2.24, 2.45) is 0 Å². The van der Waals surface area contributed by atoms with Crippen LogP contribution in [-0.4, -0.2) is 16.9 Å². The van der Waals surface area contributed by atoms with Gasteiger partial charge in [-0.2, -0.15) is 5.26 Å². The van der Waals surface area contributed by atoms with Gasteiger partial charge in [0, 0.05) is 0 Å². The molecule has 0 aliphatic heterocycles. The van der Waals surface area contributed by atoms with E-state index >= 15 is 0 Å². The van der Waals surface area contributed by atoms with Gasteiger partial charge in [0.25, 0.3) is 4.33 Å². The summed E-state index contributed by atoms with van der Waals surface area (Å²) in [5.74, 6) is -0.930. The van der Waals surface area contributed by atoms with Crippen LogP contribution in [0.25, 0.3) is 0 Å². The Morgan fingerprint density at radius 1 is 1.80 bits per heavy atom. The van der Waals surface area contributed by atoms with Gasteiger partial charge in [0.05, 0.1) is 6.61 Å². The number of carbonyl (C=O) groups is 1.